The van der Waals surface area contributed by atoms with Gasteiger partial charge in [-0.1, -0.05) is 30.4 Å². The highest BCUT2D eigenvalue weighted by Gasteiger charge is 2.47. The summed E-state index contributed by atoms with van der Waals surface area (Å²) < 4.78 is 11.5. The molecule has 0 aromatic heterocycles. The van der Waals surface area contributed by atoms with E-state index in [2.05, 4.69) is 36.5 Å². The van der Waals surface area contributed by atoms with Crippen LogP contribution in [-0.4, -0.2) is 19.0 Å². The maximum atomic E-state index is 5.73. The van der Waals surface area contributed by atoms with Gasteiger partial charge in [0, 0.05) is 11.8 Å². The summed E-state index contributed by atoms with van der Waals surface area (Å²) >= 11 is 0. The van der Waals surface area contributed by atoms with Crippen LogP contribution in [0.3, 0.4) is 0 Å². The van der Waals surface area contributed by atoms with Crippen LogP contribution in [0.2, 0.25) is 0 Å². The highest BCUT2D eigenvalue weighted by molar-refractivity contribution is 5.25. The number of hydrogen-bond acceptors (Lipinski definition) is 2. The molecule has 0 N–H and O–H groups in total. The summed E-state index contributed by atoms with van der Waals surface area (Å²) in [6.07, 6.45) is 14.2. The molecule has 1 aliphatic heterocycles. The topological polar surface area (TPSA) is 18.5 Å². The smallest absolute Gasteiger partial charge is 0.195 e. The molecular formula is C12H14O2. The van der Waals surface area contributed by atoms with E-state index in [1.54, 1.807) is 0 Å². The van der Waals surface area contributed by atoms with Crippen molar-refractivity contribution in [2.24, 2.45) is 11.8 Å². The number of hydrogen-bond donors (Lipinski definition) is 0. The molecule has 0 amide bonds. The normalized spacial score (nSPS) is 37.7. The van der Waals surface area contributed by atoms with E-state index in [1.807, 2.05) is 0 Å². The zero-order valence-electron chi connectivity index (χ0n) is 8.06. The number of fused-ring (bicyclic) bond motifs is 2. The minimum atomic E-state index is -0.449. The Morgan fingerprint density at radius 2 is 1.79 bits per heavy atom. The molecule has 0 bridgehead atoms. The van der Waals surface area contributed by atoms with Gasteiger partial charge in [0.25, 0.3) is 0 Å². The SMILES string of the molecule is C1=CC2C=CC3(OCCO3)C2C=CC1. The van der Waals surface area contributed by atoms with E-state index in [0.717, 1.165) is 6.42 Å². The van der Waals surface area contributed by atoms with Gasteiger partial charge in [-0.25, -0.2) is 0 Å². The molecule has 2 heteroatoms. The third-order valence-electron chi connectivity index (χ3n) is 3.14. The Balaban J connectivity index is 1.96. The zero-order valence-corrected chi connectivity index (χ0v) is 8.06. The second-order valence-corrected chi connectivity index (χ2v) is 3.97. The third kappa shape index (κ3) is 1.11. The predicted octanol–water partition coefficient (Wildman–Crippen LogP) is 2.05. The lowest BCUT2D eigenvalue weighted by Crippen LogP contribution is -2.35. The summed E-state index contributed by atoms with van der Waals surface area (Å²) in [4.78, 5) is 0. The molecule has 2 unspecified atom stereocenters. The molecule has 0 aromatic carbocycles. The van der Waals surface area contributed by atoms with Crippen molar-refractivity contribution in [3.05, 3.63) is 36.5 Å². The molecule has 2 atom stereocenters. The molecule has 3 aliphatic rings. The first kappa shape index (κ1) is 8.45. The lowest BCUT2D eigenvalue weighted by Gasteiger charge is -2.28. The molecule has 2 aliphatic carbocycles. The summed E-state index contributed by atoms with van der Waals surface area (Å²) in [5.74, 6) is 0.339. The van der Waals surface area contributed by atoms with Gasteiger partial charge < -0.3 is 9.47 Å². The van der Waals surface area contributed by atoms with E-state index >= 15 is 0 Å². The van der Waals surface area contributed by atoms with Crippen LogP contribution in [0.1, 0.15) is 6.42 Å². The van der Waals surface area contributed by atoms with Crippen LogP contribution >= 0.6 is 0 Å². The van der Waals surface area contributed by atoms with Gasteiger partial charge in [-0.15, -0.1) is 0 Å². The number of allylic oxidation sites excluding steroid dienone is 4. The summed E-state index contributed by atoms with van der Waals surface area (Å²) in [7, 11) is 0. The summed E-state index contributed by atoms with van der Waals surface area (Å²) in [5.41, 5.74) is 0. The van der Waals surface area contributed by atoms with Crippen LogP contribution in [0.5, 0.6) is 0 Å². The van der Waals surface area contributed by atoms with E-state index in [9.17, 15) is 0 Å². The quantitative estimate of drug-likeness (QED) is 0.544. The summed E-state index contributed by atoms with van der Waals surface area (Å²) in [5, 5.41) is 0. The predicted molar refractivity (Wildman–Crippen MR) is 53.7 cm³/mol. The van der Waals surface area contributed by atoms with Gasteiger partial charge in [0.1, 0.15) is 0 Å². The monoisotopic (exact) mass is 190 g/mol. The first-order valence-electron chi connectivity index (χ1n) is 5.21. The van der Waals surface area contributed by atoms with Crippen molar-refractivity contribution < 1.29 is 9.47 Å². The van der Waals surface area contributed by atoms with Gasteiger partial charge in [-0.3, -0.25) is 0 Å². The van der Waals surface area contributed by atoms with E-state index in [0.29, 0.717) is 25.0 Å². The highest BCUT2D eigenvalue weighted by Crippen LogP contribution is 2.43. The highest BCUT2D eigenvalue weighted by atomic mass is 16.7. The minimum absolute atomic E-state index is 0.337. The Labute approximate surface area is 83.9 Å². The van der Waals surface area contributed by atoms with Crippen molar-refractivity contribution in [1.82, 2.24) is 0 Å². The van der Waals surface area contributed by atoms with Gasteiger partial charge in [0.2, 0.25) is 0 Å². The van der Waals surface area contributed by atoms with Crippen LogP contribution in [0, 0.1) is 11.8 Å². The molecule has 0 radical (unpaired) electrons. The maximum absolute atomic E-state index is 5.73. The molecule has 0 saturated carbocycles. The first-order valence-corrected chi connectivity index (χ1v) is 5.21. The maximum Gasteiger partial charge on any atom is 0.195 e. The Hall–Kier alpha value is -0.860. The van der Waals surface area contributed by atoms with Gasteiger partial charge >= 0.3 is 0 Å². The van der Waals surface area contributed by atoms with E-state index < -0.39 is 5.79 Å². The number of ether oxygens (including phenoxy) is 2. The zero-order chi connectivity index (χ0) is 9.43. The average Bonchev–Trinajstić information content (AvgIpc) is 2.72. The third-order valence-corrected chi connectivity index (χ3v) is 3.14. The Bertz CT molecular complexity index is 308. The van der Waals surface area contributed by atoms with Crippen molar-refractivity contribution in [3.8, 4) is 0 Å². The molecule has 2 nitrogen and oxygen atoms in total. The van der Waals surface area contributed by atoms with Crippen LogP contribution < -0.4 is 0 Å². The fourth-order valence-corrected chi connectivity index (χ4v) is 2.46. The molecule has 14 heavy (non-hydrogen) atoms. The number of rotatable bonds is 0. The van der Waals surface area contributed by atoms with Crippen molar-refractivity contribution in [3.63, 3.8) is 0 Å². The first-order chi connectivity index (χ1) is 6.91. The standard InChI is InChI=1S/C12H14O2/c1-2-4-10-6-7-12(11(10)5-3-1)13-8-9-14-12/h2-7,10-11H,1,8-9H2. The fraction of sp³-hybridized carbons (Fsp3) is 0.500. The Kier molecular flexibility index (Phi) is 1.85. The van der Waals surface area contributed by atoms with Crippen LogP contribution in [0.15, 0.2) is 36.5 Å². The molecule has 1 spiro atoms. The van der Waals surface area contributed by atoms with Gasteiger partial charge in [0.15, 0.2) is 5.79 Å². The average molecular weight is 190 g/mol. The molecule has 3 rings (SSSR count). The molecule has 1 fully saturated rings. The second-order valence-electron chi connectivity index (χ2n) is 3.97. The minimum Gasteiger partial charge on any atom is -0.343 e. The lowest BCUT2D eigenvalue weighted by atomic mass is 9.92. The van der Waals surface area contributed by atoms with Crippen molar-refractivity contribution in [2.45, 2.75) is 12.2 Å². The van der Waals surface area contributed by atoms with Gasteiger partial charge in [0.05, 0.1) is 13.2 Å². The van der Waals surface area contributed by atoms with Gasteiger partial charge in [-0.2, -0.15) is 0 Å². The summed E-state index contributed by atoms with van der Waals surface area (Å²) in [6.45, 7) is 1.43. The molecular weight excluding hydrogens is 176 g/mol. The van der Waals surface area contributed by atoms with Crippen molar-refractivity contribution >= 4 is 0 Å². The fourth-order valence-electron chi connectivity index (χ4n) is 2.46. The largest absolute Gasteiger partial charge is 0.343 e. The molecule has 74 valence electrons. The van der Waals surface area contributed by atoms with Crippen molar-refractivity contribution in [2.75, 3.05) is 13.2 Å². The molecule has 1 saturated heterocycles. The van der Waals surface area contributed by atoms with Crippen LogP contribution in [0.4, 0.5) is 0 Å². The summed E-state index contributed by atoms with van der Waals surface area (Å²) in [6, 6.07) is 0. The van der Waals surface area contributed by atoms with E-state index in [1.165, 1.54) is 0 Å². The lowest BCUT2D eigenvalue weighted by molar-refractivity contribution is -0.141. The molecule has 0 aromatic rings. The molecule has 1 heterocycles. The van der Waals surface area contributed by atoms with Crippen LogP contribution in [-0.2, 0) is 9.47 Å². The van der Waals surface area contributed by atoms with E-state index in [4.69, 9.17) is 9.47 Å². The van der Waals surface area contributed by atoms with Gasteiger partial charge in [-0.05, 0) is 12.5 Å². The van der Waals surface area contributed by atoms with E-state index in [-0.39, 0.29) is 0 Å². The van der Waals surface area contributed by atoms with Crippen molar-refractivity contribution in [1.29, 1.82) is 0 Å². The second kappa shape index (κ2) is 3.07. The Morgan fingerprint density at radius 3 is 2.64 bits per heavy atom. The Morgan fingerprint density at radius 1 is 1.00 bits per heavy atom. The van der Waals surface area contributed by atoms with Crippen LogP contribution in [0.25, 0.3) is 0 Å².